The Morgan fingerprint density at radius 1 is 1.27 bits per heavy atom. The molecule has 2 heterocycles. The van der Waals surface area contributed by atoms with E-state index in [1.807, 2.05) is 6.92 Å². The summed E-state index contributed by atoms with van der Waals surface area (Å²) in [6.45, 7) is 7.41. The molecule has 0 aliphatic carbocycles. The number of rotatable bonds is 5. The number of halogens is 1. The molecule has 1 aromatic heterocycles. The van der Waals surface area contributed by atoms with Crippen molar-refractivity contribution in [3.05, 3.63) is 52.7 Å². The lowest BCUT2D eigenvalue weighted by Crippen LogP contribution is -2.48. The van der Waals surface area contributed by atoms with Gasteiger partial charge in [0.15, 0.2) is 0 Å². The number of fused-ring (bicyclic) bond motifs is 1. The summed E-state index contributed by atoms with van der Waals surface area (Å²) >= 11 is 5.95. The Morgan fingerprint density at radius 3 is 2.60 bits per heavy atom. The van der Waals surface area contributed by atoms with E-state index in [0.29, 0.717) is 16.4 Å². The molecule has 0 fully saturated rings. The molecule has 0 saturated heterocycles. The molecule has 3 N–H and O–H groups in total. The van der Waals surface area contributed by atoms with Gasteiger partial charge in [-0.05, 0) is 49.7 Å². The number of carbonyl (C=O) groups is 2. The van der Waals surface area contributed by atoms with Crippen LogP contribution in [0.25, 0.3) is 0 Å². The Hall–Kier alpha value is -2.64. The highest BCUT2D eigenvalue weighted by atomic mass is 35.5. The van der Waals surface area contributed by atoms with Gasteiger partial charge in [-0.1, -0.05) is 18.5 Å². The van der Waals surface area contributed by atoms with Gasteiger partial charge in [0.2, 0.25) is 5.91 Å². The largest absolute Gasteiger partial charge is 0.392 e. The molecular weight excluding hydrogens is 404 g/mol. The number of hydrogen-bond donors (Lipinski definition) is 3. The number of hydrogen-bond acceptors (Lipinski definition) is 5. The van der Waals surface area contributed by atoms with Crippen LogP contribution in [-0.4, -0.2) is 40.6 Å². The predicted molar refractivity (Wildman–Crippen MR) is 118 cm³/mol. The molecular formula is C22H27ClN4O3. The van der Waals surface area contributed by atoms with E-state index in [2.05, 4.69) is 22.5 Å². The molecule has 2 aromatic rings. The summed E-state index contributed by atoms with van der Waals surface area (Å²) < 4.78 is 0. The van der Waals surface area contributed by atoms with Crippen LogP contribution in [0.3, 0.4) is 0 Å². The quantitative estimate of drug-likeness (QED) is 0.675. The molecule has 1 aliphatic heterocycles. The van der Waals surface area contributed by atoms with Crippen LogP contribution in [0, 0.1) is 5.92 Å². The van der Waals surface area contributed by atoms with Crippen LogP contribution in [0.4, 0.5) is 11.5 Å². The fourth-order valence-corrected chi connectivity index (χ4v) is 3.92. The zero-order valence-electron chi connectivity index (χ0n) is 17.5. The van der Waals surface area contributed by atoms with E-state index in [4.69, 9.17) is 11.6 Å². The van der Waals surface area contributed by atoms with Crippen molar-refractivity contribution in [3.63, 3.8) is 0 Å². The van der Waals surface area contributed by atoms with Crippen molar-refractivity contribution < 1.29 is 14.7 Å². The Kier molecular flexibility index (Phi) is 6.63. The smallest absolute Gasteiger partial charge is 0.251 e. The summed E-state index contributed by atoms with van der Waals surface area (Å²) in [5.41, 5.74) is 2.08. The van der Waals surface area contributed by atoms with E-state index in [0.717, 1.165) is 11.3 Å². The number of anilines is 2. The highest BCUT2D eigenvalue weighted by Gasteiger charge is 2.38. The highest BCUT2D eigenvalue weighted by Crippen LogP contribution is 2.42. The van der Waals surface area contributed by atoms with E-state index in [1.165, 1.54) is 0 Å². The zero-order chi connectivity index (χ0) is 22.0. The fourth-order valence-electron chi connectivity index (χ4n) is 3.81. The van der Waals surface area contributed by atoms with Crippen molar-refractivity contribution in [3.8, 4) is 0 Å². The fraction of sp³-hybridized carbons (Fsp3) is 0.409. The molecule has 1 aromatic carbocycles. The first-order valence-electron chi connectivity index (χ1n) is 9.97. The SMILES string of the molecule is CC(=O)N1c2ccc(C(=O)NC[C@H](C)O)cc2C(Nc2ccc(Cl)cn2)C(C)C1C. The molecule has 160 valence electrons. The van der Waals surface area contributed by atoms with E-state index < -0.39 is 6.10 Å². The highest BCUT2D eigenvalue weighted by molar-refractivity contribution is 6.30. The van der Waals surface area contributed by atoms with Gasteiger partial charge >= 0.3 is 0 Å². The second-order valence-corrected chi connectivity index (χ2v) is 8.24. The minimum atomic E-state index is -0.633. The average Bonchev–Trinajstić information content (AvgIpc) is 2.70. The summed E-state index contributed by atoms with van der Waals surface area (Å²) in [5.74, 6) is 0.386. The third kappa shape index (κ3) is 4.57. The number of aliphatic hydroxyl groups excluding tert-OH is 1. The van der Waals surface area contributed by atoms with Crippen molar-refractivity contribution in [1.29, 1.82) is 0 Å². The van der Waals surface area contributed by atoms with Crippen LogP contribution in [0.1, 0.15) is 49.7 Å². The van der Waals surface area contributed by atoms with Crippen LogP contribution in [0.2, 0.25) is 5.02 Å². The molecule has 3 rings (SSSR count). The first-order chi connectivity index (χ1) is 14.2. The lowest BCUT2D eigenvalue weighted by molar-refractivity contribution is -0.117. The third-order valence-corrected chi connectivity index (χ3v) is 5.73. The number of benzene rings is 1. The lowest BCUT2D eigenvalue weighted by Gasteiger charge is -2.44. The maximum absolute atomic E-state index is 12.5. The number of pyridine rings is 1. The van der Waals surface area contributed by atoms with Gasteiger partial charge in [0, 0.05) is 42.9 Å². The van der Waals surface area contributed by atoms with Gasteiger partial charge in [-0.25, -0.2) is 4.98 Å². The summed E-state index contributed by atoms with van der Waals surface area (Å²) in [6.07, 6.45) is 0.940. The second-order valence-electron chi connectivity index (χ2n) is 7.81. The Labute approximate surface area is 181 Å². The van der Waals surface area contributed by atoms with E-state index >= 15 is 0 Å². The number of nitrogens with one attached hydrogen (secondary N) is 2. The normalized spacial score (nSPS) is 21.5. The first kappa shape index (κ1) is 22.1. The van der Waals surface area contributed by atoms with E-state index in [1.54, 1.807) is 55.3 Å². The Balaban J connectivity index is 2.02. The van der Waals surface area contributed by atoms with Gasteiger partial charge in [-0.2, -0.15) is 0 Å². The van der Waals surface area contributed by atoms with Gasteiger partial charge < -0.3 is 20.6 Å². The standard InChI is InChI=1S/C22H27ClN4O3/c1-12(28)10-25-22(30)16-5-7-19-18(9-16)21(13(2)14(3)27(19)15(4)29)26-20-8-6-17(23)11-24-20/h5-9,11-14,21,28H,10H2,1-4H3,(H,24,26)(H,25,30)/t12-,13?,14?,21?/m0/s1. The number of carbonyl (C=O) groups excluding carboxylic acids is 2. The van der Waals surface area contributed by atoms with Gasteiger partial charge in [0.1, 0.15) is 5.82 Å². The van der Waals surface area contributed by atoms with Crippen molar-refractivity contribution in [1.82, 2.24) is 10.3 Å². The molecule has 0 bridgehead atoms. The molecule has 1 aliphatic rings. The van der Waals surface area contributed by atoms with Crippen LogP contribution in [0.5, 0.6) is 0 Å². The number of amides is 2. The van der Waals surface area contributed by atoms with Crippen LogP contribution >= 0.6 is 11.6 Å². The maximum atomic E-state index is 12.5. The second kappa shape index (κ2) is 9.02. The van der Waals surface area contributed by atoms with Crippen molar-refractivity contribution in [2.45, 2.75) is 45.9 Å². The molecule has 30 heavy (non-hydrogen) atoms. The number of aromatic nitrogens is 1. The molecule has 7 nitrogen and oxygen atoms in total. The molecule has 3 unspecified atom stereocenters. The molecule has 4 atom stereocenters. The maximum Gasteiger partial charge on any atom is 0.251 e. The summed E-state index contributed by atoms with van der Waals surface area (Å²) in [6, 6.07) is 8.66. The van der Waals surface area contributed by atoms with Crippen LogP contribution in [-0.2, 0) is 4.79 Å². The third-order valence-electron chi connectivity index (χ3n) is 5.51. The van der Waals surface area contributed by atoms with Gasteiger partial charge in [0.05, 0.1) is 17.2 Å². The molecule has 0 spiro atoms. The zero-order valence-corrected chi connectivity index (χ0v) is 18.3. The van der Waals surface area contributed by atoms with E-state index in [9.17, 15) is 14.7 Å². The van der Waals surface area contributed by atoms with E-state index in [-0.39, 0.29) is 36.4 Å². The number of aliphatic hydroxyl groups is 1. The van der Waals surface area contributed by atoms with Crippen molar-refractivity contribution in [2.75, 3.05) is 16.8 Å². The first-order valence-corrected chi connectivity index (χ1v) is 10.3. The van der Waals surface area contributed by atoms with Crippen molar-refractivity contribution in [2.24, 2.45) is 5.92 Å². The number of nitrogens with zero attached hydrogens (tertiary/aromatic N) is 2. The lowest BCUT2D eigenvalue weighted by atomic mass is 9.82. The Bertz CT molecular complexity index is 932. The van der Waals surface area contributed by atoms with Gasteiger partial charge in [0.25, 0.3) is 5.91 Å². The van der Waals surface area contributed by atoms with Crippen molar-refractivity contribution >= 4 is 34.9 Å². The predicted octanol–water partition coefficient (Wildman–Crippen LogP) is 3.39. The molecule has 8 heteroatoms. The van der Waals surface area contributed by atoms with Crippen LogP contribution < -0.4 is 15.5 Å². The summed E-state index contributed by atoms with van der Waals surface area (Å²) in [5, 5.41) is 16.1. The minimum absolute atomic E-state index is 0.0466. The van der Waals surface area contributed by atoms with Crippen LogP contribution in [0.15, 0.2) is 36.5 Å². The summed E-state index contributed by atoms with van der Waals surface area (Å²) in [7, 11) is 0. The molecule has 2 amide bonds. The topological polar surface area (TPSA) is 94.6 Å². The Morgan fingerprint density at radius 2 is 2.00 bits per heavy atom. The minimum Gasteiger partial charge on any atom is -0.392 e. The average molecular weight is 431 g/mol. The molecule has 0 radical (unpaired) electrons. The van der Waals surface area contributed by atoms with Gasteiger partial charge in [-0.3, -0.25) is 9.59 Å². The summed E-state index contributed by atoms with van der Waals surface area (Å²) in [4.78, 5) is 31.0. The molecule has 0 saturated carbocycles. The van der Waals surface area contributed by atoms with Gasteiger partial charge in [-0.15, -0.1) is 0 Å². The monoisotopic (exact) mass is 430 g/mol.